The SMILES string of the molecule is COc1cc(OC)nc(NC(=O)NS(=O)(=O)c2cc(NC=O)ccc2C(=O)N(C)C)n1.CS(=O)(=O)c1ccc(C(=O)C2C(=O)CCCC2=O)c(Cl)c1COCC(F)(F)F. The lowest BCUT2D eigenvalue weighted by molar-refractivity contribution is -0.176. The van der Waals surface area contributed by atoms with Crippen LogP contribution < -0.4 is 24.8 Å². The Morgan fingerprint density at radius 1 is 0.932 bits per heavy atom. The number of nitrogens with zero attached hydrogens (tertiary/aromatic N) is 3. The van der Waals surface area contributed by atoms with E-state index in [0.29, 0.717) is 12.8 Å². The Bertz CT molecular complexity index is 2320. The lowest BCUT2D eigenvalue weighted by atomic mass is 9.81. The zero-order chi connectivity index (χ0) is 44.5. The van der Waals surface area contributed by atoms with Crippen molar-refractivity contribution in [3.8, 4) is 11.8 Å². The molecule has 19 nitrogen and oxygen atoms in total. The summed E-state index contributed by atoms with van der Waals surface area (Å²) >= 11 is 6.11. The van der Waals surface area contributed by atoms with Crippen molar-refractivity contribution in [2.24, 2.45) is 5.92 Å². The largest absolute Gasteiger partial charge is 0.481 e. The molecular formula is C34H36ClF3N6O13S2. The number of alkyl halides is 3. The minimum absolute atomic E-state index is 0.0444. The maximum atomic E-state index is 12.8. The molecular weight excluding hydrogens is 857 g/mol. The Labute approximate surface area is 339 Å². The number of amides is 4. The third-order valence-electron chi connectivity index (χ3n) is 7.81. The predicted molar refractivity (Wildman–Crippen MR) is 201 cm³/mol. The summed E-state index contributed by atoms with van der Waals surface area (Å²) in [6, 6.07) is 5.81. The van der Waals surface area contributed by atoms with Crippen molar-refractivity contribution >= 4 is 78.8 Å². The van der Waals surface area contributed by atoms with Crippen LogP contribution in [0.2, 0.25) is 5.02 Å². The summed E-state index contributed by atoms with van der Waals surface area (Å²) in [5, 5.41) is 3.98. The van der Waals surface area contributed by atoms with Crippen LogP contribution in [0.25, 0.3) is 0 Å². The molecule has 1 aromatic heterocycles. The molecule has 320 valence electrons. The van der Waals surface area contributed by atoms with Gasteiger partial charge < -0.3 is 24.4 Å². The molecule has 3 aromatic rings. The summed E-state index contributed by atoms with van der Waals surface area (Å²) in [7, 11) is -2.91. The van der Waals surface area contributed by atoms with Crippen molar-refractivity contribution in [3.63, 3.8) is 0 Å². The fourth-order valence-corrected chi connectivity index (χ4v) is 7.62. The number of anilines is 2. The standard InChI is InChI=1S/C17H16ClF3O6S.C17H20N6O7S/c1-28(25,26)13-6-5-9(15(18)10(13)7-27-8-17(19,20)21)16(24)14-11(22)3-2-4-12(14)23;1-23(2)15(25)11-6-5-10(18-9-24)7-12(11)31(27,28)22-17(26)21-16-19-13(29-3)8-14(20-16)30-4/h5-6,14H,2-4,7-8H2,1H3;5-9H,1-4H3,(H,18,24)(H2,19,20,21,22,26). The van der Waals surface area contributed by atoms with Crippen LogP contribution in [-0.4, -0.2) is 115 Å². The van der Waals surface area contributed by atoms with E-state index >= 15 is 0 Å². The summed E-state index contributed by atoms with van der Waals surface area (Å²) < 4.78 is 103. The Hall–Kier alpha value is -5.72. The third-order valence-corrected chi connectivity index (χ3v) is 10.8. The van der Waals surface area contributed by atoms with Gasteiger partial charge in [0.1, 0.15) is 17.4 Å². The molecule has 1 saturated carbocycles. The van der Waals surface area contributed by atoms with Gasteiger partial charge in [-0.25, -0.2) is 26.4 Å². The van der Waals surface area contributed by atoms with Crippen molar-refractivity contribution in [2.45, 2.75) is 41.8 Å². The molecule has 2 aromatic carbocycles. The Balaban J connectivity index is 0.000000317. The van der Waals surface area contributed by atoms with Gasteiger partial charge in [-0.05, 0) is 36.8 Å². The highest BCUT2D eigenvalue weighted by molar-refractivity contribution is 7.90. The van der Waals surface area contributed by atoms with E-state index in [2.05, 4.69) is 25.3 Å². The maximum Gasteiger partial charge on any atom is 0.411 e. The quantitative estimate of drug-likeness (QED) is 0.119. The molecule has 0 atom stereocenters. The minimum atomic E-state index is -4.65. The molecule has 1 aliphatic rings. The van der Waals surface area contributed by atoms with E-state index in [0.717, 1.165) is 29.4 Å². The van der Waals surface area contributed by atoms with Gasteiger partial charge in [0.15, 0.2) is 27.2 Å². The van der Waals surface area contributed by atoms with E-state index in [9.17, 15) is 58.8 Å². The monoisotopic (exact) mass is 892 g/mol. The predicted octanol–water partition coefficient (Wildman–Crippen LogP) is 3.22. The number of benzene rings is 2. The summed E-state index contributed by atoms with van der Waals surface area (Å²) in [6.07, 6.45) is -3.06. The van der Waals surface area contributed by atoms with Gasteiger partial charge in [0, 0.05) is 50.0 Å². The third kappa shape index (κ3) is 12.9. The topological polar surface area (TPSA) is 264 Å². The first kappa shape index (κ1) is 47.7. The molecule has 0 saturated heterocycles. The van der Waals surface area contributed by atoms with Gasteiger partial charge in [0.2, 0.25) is 24.1 Å². The lowest BCUT2D eigenvalue weighted by Gasteiger charge is -2.20. The van der Waals surface area contributed by atoms with Gasteiger partial charge >= 0.3 is 12.2 Å². The van der Waals surface area contributed by atoms with Crippen LogP contribution in [0.4, 0.5) is 29.6 Å². The van der Waals surface area contributed by atoms with Crippen LogP contribution in [0.15, 0.2) is 46.2 Å². The fourth-order valence-electron chi connectivity index (χ4n) is 5.19. The first-order chi connectivity index (χ1) is 27.4. The fraction of sp³-hybridized carbons (Fsp3) is 0.353. The van der Waals surface area contributed by atoms with Crippen molar-refractivity contribution < 1.29 is 73.0 Å². The number of Topliss-reactive ketones (excluding diaryl/α,β-unsaturated/α-hetero) is 3. The molecule has 59 heavy (non-hydrogen) atoms. The van der Waals surface area contributed by atoms with E-state index in [1.165, 1.54) is 46.5 Å². The number of hydrogen-bond donors (Lipinski definition) is 3. The van der Waals surface area contributed by atoms with Crippen molar-refractivity contribution in [3.05, 3.63) is 58.1 Å². The number of rotatable bonds is 14. The molecule has 0 radical (unpaired) electrons. The second kappa shape index (κ2) is 19.8. The van der Waals surface area contributed by atoms with Gasteiger partial charge in [0.05, 0.1) is 42.4 Å². The van der Waals surface area contributed by atoms with Gasteiger partial charge in [-0.2, -0.15) is 23.1 Å². The normalized spacial score (nSPS) is 13.4. The molecule has 0 spiro atoms. The van der Waals surface area contributed by atoms with Gasteiger partial charge in [-0.15, -0.1) is 0 Å². The second-order valence-electron chi connectivity index (χ2n) is 12.4. The number of sulfone groups is 1. The summed E-state index contributed by atoms with van der Waals surface area (Å²) in [5.74, 6) is -4.37. The number of urea groups is 1. The molecule has 25 heteroatoms. The maximum absolute atomic E-state index is 12.8. The summed E-state index contributed by atoms with van der Waals surface area (Å²) in [4.78, 5) is 80.0. The molecule has 1 aliphatic carbocycles. The minimum Gasteiger partial charge on any atom is -0.481 e. The van der Waals surface area contributed by atoms with Crippen molar-refractivity contribution in [2.75, 3.05) is 51.8 Å². The number of methoxy groups -OCH3 is 2. The molecule has 3 N–H and O–H groups in total. The van der Waals surface area contributed by atoms with Crippen molar-refractivity contribution in [1.29, 1.82) is 0 Å². The van der Waals surface area contributed by atoms with Crippen LogP contribution in [0.5, 0.6) is 11.8 Å². The number of ketones is 3. The molecule has 0 unspecified atom stereocenters. The van der Waals surface area contributed by atoms with E-state index < -0.39 is 89.3 Å². The number of nitrogens with one attached hydrogen (secondary N) is 3. The highest BCUT2D eigenvalue weighted by Crippen LogP contribution is 2.33. The molecule has 1 fully saturated rings. The van der Waals surface area contributed by atoms with Crippen LogP contribution in [0.3, 0.4) is 0 Å². The first-order valence-corrected chi connectivity index (χ1v) is 20.3. The number of sulfonamides is 1. The number of ether oxygens (including phenoxy) is 3. The highest BCUT2D eigenvalue weighted by Gasteiger charge is 2.38. The second-order valence-corrected chi connectivity index (χ2v) is 16.4. The molecule has 0 bridgehead atoms. The van der Waals surface area contributed by atoms with Crippen LogP contribution >= 0.6 is 11.6 Å². The number of carbonyl (C=O) groups is 6. The Morgan fingerprint density at radius 2 is 1.51 bits per heavy atom. The first-order valence-electron chi connectivity index (χ1n) is 16.6. The van der Waals surface area contributed by atoms with Gasteiger partial charge in [-0.3, -0.25) is 29.3 Å². The number of aromatic nitrogens is 2. The highest BCUT2D eigenvalue weighted by atomic mass is 35.5. The van der Waals surface area contributed by atoms with Crippen LogP contribution in [0.1, 0.15) is 45.5 Å². The summed E-state index contributed by atoms with van der Waals surface area (Å²) in [6.45, 7) is -2.47. The number of carbonyl (C=O) groups excluding carboxylic acids is 6. The Kier molecular flexibility index (Phi) is 16.0. The van der Waals surface area contributed by atoms with E-state index in [4.69, 9.17) is 21.1 Å². The molecule has 1 heterocycles. The number of halogens is 4. The van der Waals surface area contributed by atoms with E-state index in [1.807, 2.05) is 0 Å². The smallest absolute Gasteiger partial charge is 0.411 e. The number of hydrogen-bond acceptors (Lipinski definition) is 15. The molecule has 4 amide bonds. The molecule has 0 aliphatic heterocycles. The van der Waals surface area contributed by atoms with Crippen LogP contribution in [0, 0.1) is 5.92 Å². The summed E-state index contributed by atoms with van der Waals surface area (Å²) in [5.41, 5.74) is -0.753. The van der Waals surface area contributed by atoms with E-state index in [-0.39, 0.29) is 52.9 Å². The molecule has 4 rings (SSSR count). The Morgan fingerprint density at radius 3 is 2.02 bits per heavy atom. The van der Waals surface area contributed by atoms with Crippen LogP contribution in [-0.2, 0) is 45.6 Å². The van der Waals surface area contributed by atoms with Gasteiger partial charge in [0.25, 0.3) is 15.9 Å². The zero-order valence-corrected chi connectivity index (χ0v) is 34.0. The lowest BCUT2D eigenvalue weighted by Crippen LogP contribution is -2.36. The average molecular weight is 893 g/mol. The van der Waals surface area contributed by atoms with Crippen molar-refractivity contribution in [1.82, 2.24) is 19.6 Å². The zero-order valence-electron chi connectivity index (χ0n) is 31.6. The van der Waals surface area contributed by atoms with E-state index in [1.54, 1.807) is 4.72 Å². The van der Waals surface area contributed by atoms with Gasteiger partial charge in [-0.1, -0.05) is 11.6 Å². The average Bonchev–Trinajstić information content (AvgIpc) is 3.13.